The summed E-state index contributed by atoms with van der Waals surface area (Å²) in [5, 5.41) is 4.17. The highest BCUT2D eigenvalue weighted by atomic mass is 16.6. The summed E-state index contributed by atoms with van der Waals surface area (Å²) >= 11 is 0. The molecule has 1 aromatic carbocycles. The maximum absolute atomic E-state index is 12.7. The van der Waals surface area contributed by atoms with Gasteiger partial charge in [0, 0.05) is 30.0 Å². The second-order valence-electron chi connectivity index (χ2n) is 6.61. The molecule has 1 aliphatic heterocycles. The van der Waals surface area contributed by atoms with E-state index in [1.165, 1.54) is 0 Å². The molecule has 6 nitrogen and oxygen atoms in total. The number of nitrogens with one attached hydrogen (secondary N) is 2. The molecule has 0 atom stereocenters. The van der Waals surface area contributed by atoms with E-state index in [9.17, 15) is 9.59 Å². The minimum atomic E-state index is -0.269. The van der Waals surface area contributed by atoms with Gasteiger partial charge in [-0.25, -0.2) is 4.79 Å². The molecule has 134 valence electrons. The summed E-state index contributed by atoms with van der Waals surface area (Å²) < 4.78 is 5.02. The molecule has 3 rings (SSSR count). The van der Waals surface area contributed by atoms with Crippen LogP contribution < -0.4 is 5.32 Å². The van der Waals surface area contributed by atoms with Crippen LogP contribution in [0.15, 0.2) is 18.2 Å². The molecule has 2 amide bonds. The van der Waals surface area contributed by atoms with Crippen molar-refractivity contribution in [1.29, 1.82) is 0 Å². The van der Waals surface area contributed by atoms with Crippen LogP contribution in [-0.4, -0.2) is 47.6 Å². The number of likely N-dealkylation sites (tertiary alicyclic amines) is 1. The quantitative estimate of drug-likeness (QED) is 0.899. The number of aryl methyl sites for hydroxylation is 2. The molecule has 0 aliphatic carbocycles. The highest BCUT2D eigenvalue weighted by Crippen LogP contribution is 2.23. The Balaban J connectivity index is 1.64. The van der Waals surface area contributed by atoms with Gasteiger partial charge < -0.3 is 19.9 Å². The number of rotatable bonds is 3. The highest BCUT2D eigenvalue weighted by molar-refractivity contribution is 6.01. The molecule has 0 spiro atoms. The molecule has 1 aliphatic rings. The van der Waals surface area contributed by atoms with Gasteiger partial charge in [-0.15, -0.1) is 0 Å². The molecular formula is C19H25N3O3. The zero-order valence-corrected chi connectivity index (χ0v) is 15.0. The lowest BCUT2D eigenvalue weighted by Crippen LogP contribution is -2.46. The third-order valence-electron chi connectivity index (χ3n) is 4.80. The van der Waals surface area contributed by atoms with Gasteiger partial charge in [-0.1, -0.05) is 12.1 Å². The number of aromatic nitrogens is 1. The molecule has 1 saturated heterocycles. The number of H-pyrrole nitrogens is 1. The van der Waals surface area contributed by atoms with Crippen molar-refractivity contribution >= 4 is 22.9 Å². The number of carbonyl (C=O) groups is 2. The summed E-state index contributed by atoms with van der Waals surface area (Å²) in [6.07, 6.45) is 1.21. The first-order valence-electron chi connectivity index (χ1n) is 8.81. The van der Waals surface area contributed by atoms with E-state index in [-0.39, 0.29) is 18.0 Å². The van der Waals surface area contributed by atoms with Gasteiger partial charge in [0.2, 0.25) is 0 Å². The largest absolute Gasteiger partial charge is 0.450 e. The van der Waals surface area contributed by atoms with Crippen molar-refractivity contribution in [3.8, 4) is 0 Å². The zero-order valence-electron chi connectivity index (χ0n) is 15.0. The van der Waals surface area contributed by atoms with Gasteiger partial charge in [-0.05, 0) is 50.8 Å². The number of carbonyl (C=O) groups excluding carboxylic acids is 2. The molecule has 2 aromatic rings. The lowest BCUT2D eigenvalue weighted by molar-refractivity contribution is 0.0857. The number of nitrogens with zero attached hydrogens (tertiary/aromatic N) is 1. The second-order valence-corrected chi connectivity index (χ2v) is 6.61. The SMILES string of the molecule is CCOC(=O)N1CCC(NC(=O)c2[nH]c3cc(C)ccc3c2C)CC1. The van der Waals surface area contributed by atoms with Crippen molar-refractivity contribution in [2.75, 3.05) is 19.7 Å². The average Bonchev–Trinajstić information content (AvgIpc) is 2.92. The summed E-state index contributed by atoms with van der Waals surface area (Å²) in [7, 11) is 0. The van der Waals surface area contributed by atoms with Crippen LogP contribution in [0.2, 0.25) is 0 Å². The second kappa shape index (κ2) is 7.17. The number of benzene rings is 1. The Bertz CT molecular complexity index is 789. The summed E-state index contributed by atoms with van der Waals surface area (Å²) in [6, 6.07) is 6.23. The van der Waals surface area contributed by atoms with E-state index in [1.807, 2.05) is 19.9 Å². The first-order valence-corrected chi connectivity index (χ1v) is 8.81. The van der Waals surface area contributed by atoms with Gasteiger partial charge in [0.1, 0.15) is 5.69 Å². The minimum absolute atomic E-state index is 0.0747. The van der Waals surface area contributed by atoms with E-state index in [0.29, 0.717) is 25.4 Å². The maximum atomic E-state index is 12.7. The van der Waals surface area contributed by atoms with Crippen molar-refractivity contribution < 1.29 is 14.3 Å². The Morgan fingerprint density at radius 3 is 2.68 bits per heavy atom. The molecule has 1 aromatic heterocycles. The van der Waals surface area contributed by atoms with E-state index in [2.05, 4.69) is 22.4 Å². The van der Waals surface area contributed by atoms with Gasteiger partial charge in [0.15, 0.2) is 0 Å². The zero-order chi connectivity index (χ0) is 18.0. The Morgan fingerprint density at radius 1 is 1.28 bits per heavy atom. The summed E-state index contributed by atoms with van der Waals surface area (Å²) in [4.78, 5) is 29.3. The number of piperidine rings is 1. The lowest BCUT2D eigenvalue weighted by Gasteiger charge is -2.31. The van der Waals surface area contributed by atoms with Crippen LogP contribution in [0, 0.1) is 13.8 Å². The monoisotopic (exact) mass is 343 g/mol. The van der Waals surface area contributed by atoms with Gasteiger partial charge in [-0.2, -0.15) is 0 Å². The van der Waals surface area contributed by atoms with Gasteiger partial charge >= 0.3 is 6.09 Å². The maximum Gasteiger partial charge on any atom is 0.409 e. The third-order valence-corrected chi connectivity index (χ3v) is 4.80. The molecule has 6 heteroatoms. The molecular weight excluding hydrogens is 318 g/mol. The van der Waals surface area contributed by atoms with Gasteiger partial charge in [0.05, 0.1) is 6.61 Å². The lowest BCUT2D eigenvalue weighted by atomic mass is 10.0. The number of hydrogen-bond donors (Lipinski definition) is 2. The van der Waals surface area contributed by atoms with E-state index >= 15 is 0 Å². The van der Waals surface area contributed by atoms with Crippen molar-refractivity contribution in [2.45, 2.75) is 39.7 Å². The molecule has 0 saturated carbocycles. The van der Waals surface area contributed by atoms with Crippen LogP contribution >= 0.6 is 0 Å². The molecule has 0 unspecified atom stereocenters. The molecule has 25 heavy (non-hydrogen) atoms. The molecule has 2 N–H and O–H groups in total. The molecule has 0 bridgehead atoms. The standard InChI is InChI=1S/C19H25N3O3/c1-4-25-19(24)22-9-7-14(8-10-22)20-18(23)17-13(3)15-6-5-12(2)11-16(15)21-17/h5-6,11,14,21H,4,7-10H2,1-3H3,(H,20,23). The first-order chi connectivity index (χ1) is 12.0. The number of amides is 2. The van der Waals surface area contributed by atoms with Crippen LogP contribution in [0.5, 0.6) is 0 Å². The third kappa shape index (κ3) is 3.62. The summed E-state index contributed by atoms with van der Waals surface area (Å²) in [6.45, 7) is 7.39. The van der Waals surface area contributed by atoms with Crippen LogP contribution in [-0.2, 0) is 4.74 Å². The number of hydrogen-bond acceptors (Lipinski definition) is 3. The van der Waals surface area contributed by atoms with Crippen LogP contribution in [0.25, 0.3) is 10.9 Å². The minimum Gasteiger partial charge on any atom is -0.450 e. The van der Waals surface area contributed by atoms with Crippen molar-refractivity contribution in [3.05, 3.63) is 35.0 Å². The van der Waals surface area contributed by atoms with Gasteiger partial charge in [-0.3, -0.25) is 4.79 Å². The fourth-order valence-corrected chi connectivity index (χ4v) is 3.36. The van der Waals surface area contributed by atoms with Gasteiger partial charge in [0.25, 0.3) is 5.91 Å². The Labute approximate surface area is 147 Å². The van der Waals surface area contributed by atoms with Crippen LogP contribution in [0.3, 0.4) is 0 Å². The van der Waals surface area contributed by atoms with Crippen molar-refractivity contribution in [1.82, 2.24) is 15.2 Å². The van der Waals surface area contributed by atoms with Crippen molar-refractivity contribution in [2.24, 2.45) is 0 Å². The number of ether oxygens (including phenoxy) is 1. The predicted molar refractivity (Wildman–Crippen MR) is 96.9 cm³/mol. The highest BCUT2D eigenvalue weighted by Gasteiger charge is 2.25. The molecule has 2 heterocycles. The fourth-order valence-electron chi connectivity index (χ4n) is 3.36. The molecule has 0 radical (unpaired) electrons. The smallest absolute Gasteiger partial charge is 0.409 e. The van der Waals surface area contributed by atoms with E-state index in [0.717, 1.165) is 34.9 Å². The Hall–Kier alpha value is -2.50. The molecule has 1 fully saturated rings. The predicted octanol–water partition coefficient (Wildman–Crippen LogP) is 3.14. The van der Waals surface area contributed by atoms with Crippen molar-refractivity contribution in [3.63, 3.8) is 0 Å². The van der Waals surface area contributed by atoms with E-state index in [4.69, 9.17) is 4.74 Å². The fraction of sp³-hybridized carbons (Fsp3) is 0.474. The summed E-state index contributed by atoms with van der Waals surface area (Å²) in [5.74, 6) is -0.0825. The van der Waals surface area contributed by atoms with E-state index < -0.39 is 0 Å². The number of aromatic amines is 1. The van der Waals surface area contributed by atoms with E-state index in [1.54, 1.807) is 11.8 Å². The summed E-state index contributed by atoms with van der Waals surface area (Å²) in [5.41, 5.74) is 3.73. The normalized spacial score (nSPS) is 15.4. The topological polar surface area (TPSA) is 74.4 Å². The van der Waals surface area contributed by atoms with Crippen LogP contribution in [0.4, 0.5) is 4.79 Å². The Kier molecular flexibility index (Phi) is 4.97. The van der Waals surface area contributed by atoms with Crippen LogP contribution in [0.1, 0.15) is 41.4 Å². The number of fused-ring (bicyclic) bond motifs is 1. The average molecular weight is 343 g/mol. The Morgan fingerprint density at radius 2 is 2.00 bits per heavy atom. The first kappa shape index (κ1) is 17.3.